The smallest absolute Gasteiger partial charge is 0.0579 e. The summed E-state index contributed by atoms with van der Waals surface area (Å²) in [4.78, 5) is 0. The van der Waals surface area contributed by atoms with Gasteiger partial charge >= 0.3 is 0 Å². The van der Waals surface area contributed by atoms with E-state index in [1.54, 1.807) is 0 Å². The van der Waals surface area contributed by atoms with E-state index in [-0.39, 0.29) is 0 Å². The highest BCUT2D eigenvalue weighted by molar-refractivity contribution is 4.78. The summed E-state index contributed by atoms with van der Waals surface area (Å²) in [6.07, 6.45) is 35.6. The van der Waals surface area contributed by atoms with Crippen LogP contribution >= 0.6 is 0 Å². The zero-order valence-corrected chi connectivity index (χ0v) is 21.7. The second-order valence-corrected chi connectivity index (χ2v) is 11.2. The van der Waals surface area contributed by atoms with E-state index in [1.807, 2.05) is 0 Å². The lowest BCUT2D eigenvalue weighted by Crippen LogP contribution is -2.29. The van der Waals surface area contributed by atoms with E-state index in [0.29, 0.717) is 12.2 Å². The molecule has 1 nitrogen and oxygen atoms in total. The van der Waals surface area contributed by atoms with E-state index in [2.05, 4.69) is 13.8 Å². The van der Waals surface area contributed by atoms with Crippen molar-refractivity contribution in [2.75, 3.05) is 0 Å². The Kier molecular flexibility index (Phi) is 16.1. The van der Waals surface area contributed by atoms with Gasteiger partial charge in [-0.1, -0.05) is 117 Å². The van der Waals surface area contributed by atoms with Gasteiger partial charge in [0.15, 0.2) is 0 Å². The third kappa shape index (κ3) is 13.3. The molecule has 31 heavy (non-hydrogen) atoms. The van der Waals surface area contributed by atoms with Gasteiger partial charge in [0.05, 0.1) is 12.2 Å². The number of unbranched alkanes of at least 4 members (excludes halogenated alkanes) is 12. The van der Waals surface area contributed by atoms with Gasteiger partial charge in [-0.15, -0.1) is 0 Å². The third-order valence-electron chi connectivity index (χ3n) is 8.40. The van der Waals surface area contributed by atoms with Gasteiger partial charge in [0.2, 0.25) is 0 Å². The molecule has 0 amide bonds. The molecule has 0 aromatic rings. The minimum Gasteiger partial charge on any atom is -0.375 e. The van der Waals surface area contributed by atoms with E-state index < -0.39 is 0 Å². The summed E-state index contributed by atoms with van der Waals surface area (Å²) < 4.78 is 6.59. The highest BCUT2D eigenvalue weighted by Gasteiger charge is 2.27. The van der Waals surface area contributed by atoms with Crippen LogP contribution in [-0.4, -0.2) is 12.2 Å². The molecule has 0 heterocycles. The van der Waals surface area contributed by atoms with E-state index >= 15 is 0 Å². The first-order valence-corrected chi connectivity index (χ1v) is 15.0. The average molecular weight is 435 g/mol. The van der Waals surface area contributed by atoms with Crippen LogP contribution in [0.3, 0.4) is 0 Å². The van der Waals surface area contributed by atoms with Crippen molar-refractivity contribution in [1.29, 1.82) is 0 Å². The minimum atomic E-state index is 0.593. The van der Waals surface area contributed by atoms with Gasteiger partial charge < -0.3 is 4.74 Å². The summed E-state index contributed by atoms with van der Waals surface area (Å²) in [6.45, 7) is 4.62. The van der Waals surface area contributed by atoms with E-state index in [4.69, 9.17) is 4.74 Å². The second-order valence-electron chi connectivity index (χ2n) is 11.2. The molecule has 0 spiro atoms. The van der Waals surface area contributed by atoms with Gasteiger partial charge in [-0.25, -0.2) is 0 Å². The first-order chi connectivity index (χ1) is 15.3. The molecule has 0 radical (unpaired) electrons. The molecule has 1 heteroatoms. The lowest BCUT2D eigenvalue weighted by molar-refractivity contribution is -0.0572. The molecule has 2 aliphatic carbocycles. The van der Waals surface area contributed by atoms with Crippen molar-refractivity contribution in [3.63, 3.8) is 0 Å². The molecule has 0 aromatic heterocycles. The summed E-state index contributed by atoms with van der Waals surface area (Å²) in [7, 11) is 0. The van der Waals surface area contributed by atoms with Crippen LogP contribution in [0.25, 0.3) is 0 Å². The predicted molar refractivity (Wildman–Crippen MR) is 138 cm³/mol. The van der Waals surface area contributed by atoms with Crippen LogP contribution in [0, 0.1) is 11.8 Å². The van der Waals surface area contributed by atoms with Gasteiger partial charge in [0, 0.05) is 0 Å². The standard InChI is InChI=1S/C30H58O/c1-3-5-7-9-11-13-15-17-27-19-23-29(24-20-27)31-30-25-21-28(22-26-30)18-16-14-12-10-8-6-4-2/h27-30H,3-26H2,1-2H3. The maximum atomic E-state index is 6.59. The summed E-state index contributed by atoms with van der Waals surface area (Å²) in [5.74, 6) is 2.02. The van der Waals surface area contributed by atoms with Crippen LogP contribution in [-0.2, 0) is 4.74 Å². The number of hydrogen-bond donors (Lipinski definition) is 0. The summed E-state index contributed by atoms with van der Waals surface area (Å²) in [5.41, 5.74) is 0. The lowest BCUT2D eigenvalue weighted by Gasteiger charge is -2.34. The zero-order valence-electron chi connectivity index (χ0n) is 21.7. The molecule has 0 aromatic carbocycles. The lowest BCUT2D eigenvalue weighted by atomic mass is 9.82. The van der Waals surface area contributed by atoms with Crippen molar-refractivity contribution in [2.45, 2.75) is 180 Å². The van der Waals surface area contributed by atoms with Crippen molar-refractivity contribution < 1.29 is 4.74 Å². The molecule has 0 saturated heterocycles. The topological polar surface area (TPSA) is 9.23 Å². The molecule has 2 fully saturated rings. The van der Waals surface area contributed by atoms with Crippen LogP contribution in [0.4, 0.5) is 0 Å². The van der Waals surface area contributed by atoms with Gasteiger partial charge in [-0.05, 0) is 63.2 Å². The van der Waals surface area contributed by atoms with Gasteiger partial charge in [0.25, 0.3) is 0 Å². The van der Waals surface area contributed by atoms with E-state index in [9.17, 15) is 0 Å². The number of hydrogen-bond acceptors (Lipinski definition) is 1. The molecule has 0 unspecified atom stereocenters. The van der Waals surface area contributed by atoms with Crippen molar-refractivity contribution in [2.24, 2.45) is 11.8 Å². The van der Waals surface area contributed by atoms with Crippen LogP contribution < -0.4 is 0 Å². The molecule has 184 valence electrons. The summed E-state index contributed by atoms with van der Waals surface area (Å²) in [6, 6.07) is 0. The molecule has 0 bridgehead atoms. The molecular weight excluding hydrogens is 376 g/mol. The molecule has 0 atom stereocenters. The fourth-order valence-corrected chi connectivity index (χ4v) is 6.17. The van der Waals surface area contributed by atoms with Gasteiger partial charge in [0.1, 0.15) is 0 Å². The van der Waals surface area contributed by atoms with Gasteiger partial charge in [-0.3, -0.25) is 0 Å². The Labute approximate surface area is 196 Å². The predicted octanol–water partition coefficient (Wildman–Crippen LogP) is 10.4. The second kappa shape index (κ2) is 18.4. The zero-order chi connectivity index (χ0) is 22.0. The molecule has 2 saturated carbocycles. The van der Waals surface area contributed by atoms with Crippen molar-refractivity contribution in [3.8, 4) is 0 Å². The SMILES string of the molecule is CCCCCCCCCC1CCC(OC2CCC(CCCCCCCCC)CC2)CC1. The molecule has 0 N–H and O–H groups in total. The quantitative estimate of drug-likeness (QED) is 0.195. The fraction of sp³-hybridized carbons (Fsp3) is 1.00. The Hall–Kier alpha value is -0.0400. The van der Waals surface area contributed by atoms with Crippen LogP contribution in [0.2, 0.25) is 0 Å². The van der Waals surface area contributed by atoms with Crippen molar-refractivity contribution >= 4 is 0 Å². The molecular formula is C30H58O. The first-order valence-electron chi connectivity index (χ1n) is 15.0. The van der Waals surface area contributed by atoms with Crippen molar-refractivity contribution in [1.82, 2.24) is 0 Å². The Balaban J connectivity index is 1.41. The molecule has 2 aliphatic rings. The van der Waals surface area contributed by atoms with Crippen LogP contribution in [0.5, 0.6) is 0 Å². The highest BCUT2D eigenvalue weighted by Crippen LogP contribution is 2.35. The molecule has 0 aliphatic heterocycles. The minimum absolute atomic E-state index is 0.593. The van der Waals surface area contributed by atoms with E-state index in [1.165, 1.54) is 154 Å². The number of ether oxygens (including phenoxy) is 1. The Morgan fingerprint density at radius 2 is 0.742 bits per heavy atom. The summed E-state index contributed by atoms with van der Waals surface area (Å²) >= 11 is 0. The Bertz CT molecular complexity index is 340. The molecule has 2 rings (SSSR count). The summed E-state index contributed by atoms with van der Waals surface area (Å²) in [5, 5.41) is 0. The van der Waals surface area contributed by atoms with Gasteiger partial charge in [-0.2, -0.15) is 0 Å². The van der Waals surface area contributed by atoms with E-state index in [0.717, 1.165) is 11.8 Å². The van der Waals surface area contributed by atoms with Crippen LogP contribution in [0.15, 0.2) is 0 Å². The average Bonchev–Trinajstić information content (AvgIpc) is 2.80. The highest BCUT2D eigenvalue weighted by atomic mass is 16.5. The Morgan fingerprint density at radius 1 is 0.419 bits per heavy atom. The normalized spacial score (nSPS) is 26.9. The maximum Gasteiger partial charge on any atom is 0.0579 e. The van der Waals surface area contributed by atoms with Crippen LogP contribution in [0.1, 0.15) is 168 Å². The Morgan fingerprint density at radius 3 is 1.10 bits per heavy atom. The number of rotatable bonds is 18. The largest absolute Gasteiger partial charge is 0.375 e. The fourth-order valence-electron chi connectivity index (χ4n) is 6.17. The maximum absolute atomic E-state index is 6.59. The monoisotopic (exact) mass is 434 g/mol. The first kappa shape index (κ1) is 27.2. The third-order valence-corrected chi connectivity index (χ3v) is 8.40. The van der Waals surface area contributed by atoms with Crippen molar-refractivity contribution in [3.05, 3.63) is 0 Å².